The number of hydrogen-bond acceptors (Lipinski definition) is 2. The number of benzene rings is 1. The van der Waals surface area contributed by atoms with E-state index < -0.39 is 5.54 Å². The van der Waals surface area contributed by atoms with Crippen LogP contribution in [0.25, 0.3) is 0 Å². The van der Waals surface area contributed by atoms with Crippen LogP contribution in [0.4, 0.5) is 0 Å². The number of carbonyl (C=O) groups excluding carboxylic acids is 1. The van der Waals surface area contributed by atoms with Crippen molar-refractivity contribution in [2.75, 3.05) is 0 Å². The second-order valence-corrected chi connectivity index (χ2v) is 7.64. The molecule has 3 rings (SSSR count). The van der Waals surface area contributed by atoms with Gasteiger partial charge in [0.2, 0.25) is 5.91 Å². The zero-order valence-electron chi connectivity index (χ0n) is 13.1. The van der Waals surface area contributed by atoms with Crippen LogP contribution in [-0.4, -0.2) is 22.4 Å². The maximum Gasteiger partial charge on any atom is 0.244 e. The maximum absolute atomic E-state index is 12.9. The van der Waals surface area contributed by atoms with Crippen LogP contribution in [0.3, 0.4) is 0 Å². The molecule has 3 unspecified atom stereocenters. The van der Waals surface area contributed by atoms with Crippen molar-refractivity contribution >= 4 is 17.5 Å². The van der Waals surface area contributed by atoms with Gasteiger partial charge in [-0.1, -0.05) is 44.5 Å². The highest BCUT2D eigenvalue weighted by Crippen LogP contribution is 2.53. The zero-order valence-corrected chi connectivity index (χ0v) is 13.9. The molecule has 1 aromatic rings. The van der Waals surface area contributed by atoms with Crippen molar-refractivity contribution in [1.82, 2.24) is 10.2 Å². The molecule has 1 aromatic carbocycles. The first-order chi connectivity index (χ1) is 9.78. The molecule has 0 bridgehead atoms. The first kappa shape index (κ1) is 14.9. The quantitative estimate of drug-likeness (QED) is 0.922. The number of nitrogens with one attached hydrogen (secondary N) is 1. The Morgan fingerprint density at radius 2 is 2.05 bits per heavy atom. The van der Waals surface area contributed by atoms with Crippen molar-refractivity contribution in [1.29, 1.82) is 0 Å². The summed E-state index contributed by atoms with van der Waals surface area (Å²) in [7, 11) is 0. The van der Waals surface area contributed by atoms with Crippen LogP contribution < -0.4 is 5.32 Å². The maximum atomic E-state index is 12.9. The van der Waals surface area contributed by atoms with E-state index in [-0.39, 0.29) is 17.5 Å². The number of amides is 1. The summed E-state index contributed by atoms with van der Waals surface area (Å²) in [5.41, 5.74) is 0.800. The molecule has 1 N–H and O–H groups in total. The second kappa shape index (κ2) is 4.72. The van der Waals surface area contributed by atoms with Gasteiger partial charge < -0.3 is 4.90 Å². The van der Waals surface area contributed by atoms with Gasteiger partial charge in [0.05, 0.1) is 5.54 Å². The molecule has 0 radical (unpaired) electrons. The fourth-order valence-electron chi connectivity index (χ4n) is 3.24. The van der Waals surface area contributed by atoms with Crippen molar-refractivity contribution in [2.45, 2.75) is 58.3 Å². The molecule has 4 heteroatoms. The van der Waals surface area contributed by atoms with Crippen LogP contribution >= 0.6 is 11.6 Å². The lowest BCUT2D eigenvalue weighted by atomic mass is 9.99. The Morgan fingerprint density at radius 1 is 1.38 bits per heavy atom. The summed E-state index contributed by atoms with van der Waals surface area (Å²) >= 11 is 6.13. The highest BCUT2D eigenvalue weighted by atomic mass is 35.5. The average molecular weight is 307 g/mol. The number of halogens is 1. The lowest BCUT2D eigenvalue weighted by Crippen LogP contribution is -2.43. The van der Waals surface area contributed by atoms with Gasteiger partial charge in [0, 0.05) is 11.1 Å². The van der Waals surface area contributed by atoms with E-state index in [1.165, 1.54) is 0 Å². The molecule has 1 saturated heterocycles. The number of nitrogens with zero attached hydrogens (tertiary/aromatic N) is 1. The molecule has 1 aliphatic heterocycles. The molecule has 1 heterocycles. The molecule has 2 aliphatic rings. The highest BCUT2D eigenvalue weighted by molar-refractivity contribution is 6.30. The fourth-order valence-corrected chi connectivity index (χ4v) is 3.44. The molecular weight excluding hydrogens is 284 g/mol. The third kappa shape index (κ3) is 2.36. The van der Waals surface area contributed by atoms with Gasteiger partial charge in [0.1, 0.15) is 6.17 Å². The van der Waals surface area contributed by atoms with Crippen molar-refractivity contribution in [2.24, 2.45) is 5.41 Å². The Hall–Kier alpha value is -1.06. The molecule has 1 aliphatic carbocycles. The Balaban J connectivity index is 1.99. The van der Waals surface area contributed by atoms with E-state index >= 15 is 0 Å². The lowest BCUT2D eigenvalue weighted by molar-refractivity contribution is -0.134. The highest BCUT2D eigenvalue weighted by Gasteiger charge is 2.59. The standard InChI is InChI=1S/C17H23ClN2O/c1-5-17(4)15(21)20(13-10-16(13,2)3)14(19-17)11-7-6-8-12(18)9-11/h6-9,13-14,19H,5,10H2,1-4H3. The lowest BCUT2D eigenvalue weighted by Gasteiger charge is -2.26. The van der Waals surface area contributed by atoms with Gasteiger partial charge >= 0.3 is 0 Å². The zero-order chi connectivity index (χ0) is 15.4. The summed E-state index contributed by atoms with van der Waals surface area (Å²) in [6.45, 7) is 8.51. The van der Waals surface area contributed by atoms with Crippen LogP contribution in [0, 0.1) is 5.41 Å². The first-order valence-corrected chi connectivity index (χ1v) is 8.02. The van der Waals surface area contributed by atoms with Crippen LogP contribution in [0.2, 0.25) is 5.02 Å². The Bertz CT molecular complexity index is 586. The third-order valence-corrected chi connectivity index (χ3v) is 5.34. The topological polar surface area (TPSA) is 32.3 Å². The number of carbonyl (C=O) groups is 1. The predicted molar refractivity (Wildman–Crippen MR) is 85.1 cm³/mol. The SMILES string of the molecule is CCC1(C)NC(c2cccc(Cl)c2)N(C2CC2(C)C)C1=O. The van der Waals surface area contributed by atoms with Gasteiger partial charge in [-0.15, -0.1) is 0 Å². The van der Waals surface area contributed by atoms with Crippen LogP contribution in [0.15, 0.2) is 24.3 Å². The largest absolute Gasteiger partial charge is 0.318 e. The molecule has 2 fully saturated rings. The van der Waals surface area contributed by atoms with Crippen LogP contribution in [0.1, 0.15) is 52.3 Å². The minimum atomic E-state index is -0.481. The van der Waals surface area contributed by atoms with E-state index in [2.05, 4.69) is 31.0 Å². The minimum Gasteiger partial charge on any atom is -0.318 e. The van der Waals surface area contributed by atoms with Crippen LogP contribution in [0.5, 0.6) is 0 Å². The molecule has 0 aromatic heterocycles. The summed E-state index contributed by atoms with van der Waals surface area (Å²) in [6.07, 6.45) is 1.78. The van der Waals surface area contributed by atoms with Gasteiger partial charge in [-0.3, -0.25) is 10.1 Å². The van der Waals surface area contributed by atoms with Gasteiger partial charge in [-0.25, -0.2) is 0 Å². The molecule has 114 valence electrons. The van der Waals surface area contributed by atoms with Crippen molar-refractivity contribution in [3.8, 4) is 0 Å². The Kier molecular flexibility index (Phi) is 3.34. The Morgan fingerprint density at radius 3 is 2.57 bits per heavy atom. The van der Waals surface area contributed by atoms with Crippen molar-refractivity contribution in [3.05, 3.63) is 34.9 Å². The van der Waals surface area contributed by atoms with E-state index in [1.807, 2.05) is 31.2 Å². The molecule has 0 spiro atoms. The summed E-state index contributed by atoms with van der Waals surface area (Å²) in [6, 6.07) is 8.12. The van der Waals surface area contributed by atoms with E-state index in [4.69, 9.17) is 11.6 Å². The van der Waals surface area contributed by atoms with Crippen molar-refractivity contribution in [3.63, 3.8) is 0 Å². The summed E-state index contributed by atoms with van der Waals surface area (Å²) in [5, 5.41) is 4.25. The number of rotatable bonds is 3. The molecule has 3 atom stereocenters. The third-order valence-electron chi connectivity index (χ3n) is 5.11. The summed E-state index contributed by atoms with van der Waals surface area (Å²) < 4.78 is 0. The van der Waals surface area contributed by atoms with Gasteiger partial charge in [0.15, 0.2) is 0 Å². The van der Waals surface area contributed by atoms with Crippen molar-refractivity contribution < 1.29 is 4.79 Å². The monoisotopic (exact) mass is 306 g/mol. The Labute approximate surface area is 131 Å². The predicted octanol–water partition coefficient (Wildman–Crippen LogP) is 3.74. The van der Waals surface area contributed by atoms with Crippen LogP contribution in [-0.2, 0) is 4.79 Å². The summed E-state index contributed by atoms with van der Waals surface area (Å²) in [4.78, 5) is 15.0. The van der Waals surface area contributed by atoms with E-state index in [1.54, 1.807) is 0 Å². The van der Waals surface area contributed by atoms with Gasteiger partial charge in [0.25, 0.3) is 0 Å². The minimum absolute atomic E-state index is 0.0760. The molecule has 1 saturated carbocycles. The molecular formula is C17H23ClN2O. The normalized spacial score (nSPS) is 34.3. The van der Waals surface area contributed by atoms with Gasteiger partial charge in [-0.2, -0.15) is 0 Å². The smallest absolute Gasteiger partial charge is 0.244 e. The summed E-state index contributed by atoms with van der Waals surface area (Å²) in [5.74, 6) is 0.213. The average Bonchev–Trinajstić information content (AvgIpc) is 2.96. The molecule has 3 nitrogen and oxygen atoms in total. The molecule has 1 amide bonds. The second-order valence-electron chi connectivity index (χ2n) is 7.21. The van der Waals surface area contributed by atoms with E-state index in [0.29, 0.717) is 11.1 Å². The number of hydrogen-bond donors (Lipinski definition) is 1. The van der Waals surface area contributed by atoms with Gasteiger partial charge in [-0.05, 0) is 42.9 Å². The first-order valence-electron chi connectivity index (χ1n) is 7.64. The molecule has 21 heavy (non-hydrogen) atoms. The fraction of sp³-hybridized carbons (Fsp3) is 0.588. The van der Waals surface area contributed by atoms with E-state index in [0.717, 1.165) is 18.4 Å². The van der Waals surface area contributed by atoms with E-state index in [9.17, 15) is 4.79 Å².